The van der Waals surface area contributed by atoms with Gasteiger partial charge in [-0.25, -0.2) is 0 Å². The number of benzene rings is 1. The second kappa shape index (κ2) is 4.81. The van der Waals surface area contributed by atoms with E-state index >= 15 is 0 Å². The highest BCUT2D eigenvalue weighted by Gasteiger charge is 2.45. The Morgan fingerprint density at radius 1 is 1.18 bits per heavy atom. The van der Waals surface area contributed by atoms with Crippen LogP contribution in [0.1, 0.15) is 55.8 Å². The molecule has 1 saturated carbocycles. The highest BCUT2D eigenvalue weighted by molar-refractivity contribution is 5.32. The topological polar surface area (TPSA) is 12.0 Å². The minimum Gasteiger partial charge on any atom is -0.309 e. The predicted molar refractivity (Wildman–Crippen MR) is 74.3 cm³/mol. The molecule has 0 spiro atoms. The molecule has 94 valence electrons. The van der Waals surface area contributed by atoms with E-state index in [1.54, 1.807) is 0 Å². The van der Waals surface area contributed by atoms with E-state index in [2.05, 4.69) is 51.2 Å². The van der Waals surface area contributed by atoms with Crippen molar-refractivity contribution in [1.82, 2.24) is 5.32 Å². The first-order valence-electron chi connectivity index (χ1n) is 6.87. The molecule has 17 heavy (non-hydrogen) atoms. The number of nitrogens with one attached hydrogen (secondary N) is 1. The van der Waals surface area contributed by atoms with Crippen molar-refractivity contribution >= 4 is 0 Å². The van der Waals surface area contributed by atoms with Crippen molar-refractivity contribution in [2.24, 2.45) is 5.41 Å². The van der Waals surface area contributed by atoms with Crippen molar-refractivity contribution in [2.45, 2.75) is 53.0 Å². The molecule has 1 unspecified atom stereocenters. The lowest BCUT2D eigenvalue weighted by atomic mass is 9.90. The summed E-state index contributed by atoms with van der Waals surface area (Å²) in [6.45, 7) is 10.2. The zero-order valence-corrected chi connectivity index (χ0v) is 11.6. The van der Waals surface area contributed by atoms with Gasteiger partial charge in [-0.2, -0.15) is 0 Å². The summed E-state index contributed by atoms with van der Waals surface area (Å²) in [7, 11) is 0. The maximum Gasteiger partial charge on any atom is 0.0374 e. The molecule has 2 rings (SSSR count). The van der Waals surface area contributed by atoms with Gasteiger partial charge >= 0.3 is 0 Å². The van der Waals surface area contributed by atoms with E-state index in [1.807, 2.05) is 0 Å². The predicted octanol–water partition coefficient (Wildman–Crippen LogP) is 4.14. The van der Waals surface area contributed by atoms with Gasteiger partial charge in [0, 0.05) is 6.04 Å². The van der Waals surface area contributed by atoms with Crippen LogP contribution in [0.15, 0.2) is 18.2 Å². The van der Waals surface area contributed by atoms with Crippen LogP contribution in [-0.4, -0.2) is 6.54 Å². The second-order valence-corrected chi connectivity index (χ2v) is 5.96. The van der Waals surface area contributed by atoms with Crippen molar-refractivity contribution < 1.29 is 0 Å². The highest BCUT2D eigenvalue weighted by atomic mass is 14.9. The minimum absolute atomic E-state index is 0.495. The molecule has 1 aromatic rings. The van der Waals surface area contributed by atoms with Gasteiger partial charge in [-0.05, 0) is 50.6 Å². The molecule has 0 heterocycles. The zero-order valence-electron chi connectivity index (χ0n) is 11.6. The monoisotopic (exact) mass is 231 g/mol. The minimum atomic E-state index is 0.495. The molecule has 0 bridgehead atoms. The summed E-state index contributed by atoms with van der Waals surface area (Å²) in [6, 6.07) is 7.50. The Bertz CT molecular complexity index is 370. The molecule has 1 nitrogen and oxygen atoms in total. The van der Waals surface area contributed by atoms with Crippen LogP contribution in [-0.2, 0) is 0 Å². The maximum atomic E-state index is 3.74. The van der Waals surface area contributed by atoms with Crippen LogP contribution in [0.4, 0.5) is 0 Å². The van der Waals surface area contributed by atoms with Crippen molar-refractivity contribution in [3.8, 4) is 0 Å². The van der Waals surface area contributed by atoms with Gasteiger partial charge in [-0.15, -0.1) is 0 Å². The molecule has 1 fully saturated rings. The fourth-order valence-electron chi connectivity index (χ4n) is 2.72. The number of hydrogen-bond acceptors (Lipinski definition) is 1. The summed E-state index contributed by atoms with van der Waals surface area (Å²) in [6.07, 6.45) is 3.93. The lowest BCUT2D eigenvalue weighted by molar-refractivity contribution is 0.366. The van der Waals surface area contributed by atoms with Gasteiger partial charge in [0.15, 0.2) is 0 Å². The van der Waals surface area contributed by atoms with Crippen molar-refractivity contribution in [2.75, 3.05) is 6.54 Å². The summed E-state index contributed by atoms with van der Waals surface area (Å²) < 4.78 is 0. The van der Waals surface area contributed by atoms with Gasteiger partial charge in [-0.3, -0.25) is 0 Å². The maximum absolute atomic E-state index is 3.74. The molecule has 0 radical (unpaired) electrons. The Kier molecular flexibility index (Phi) is 3.58. The molecule has 1 aromatic carbocycles. The van der Waals surface area contributed by atoms with Crippen LogP contribution >= 0.6 is 0 Å². The quantitative estimate of drug-likeness (QED) is 0.803. The van der Waals surface area contributed by atoms with Crippen LogP contribution in [0.25, 0.3) is 0 Å². The molecule has 0 amide bonds. The molecular formula is C16H25N. The van der Waals surface area contributed by atoms with E-state index in [1.165, 1.54) is 36.0 Å². The average molecular weight is 231 g/mol. The summed E-state index contributed by atoms with van der Waals surface area (Å²) >= 11 is 0. The van der Waals surface area contributed by atoms with Gasteiger partial charge < -0.3 is 5.32 Å². The van der Waals surface area contributed by atoms with E-state index in [9.17, 15) is 0 Å². The Morgan fingerprint density at radius 3 is 2.24 bits per heavy atom. The second-order valence-electron chi connectivity index (χ2n) is 5.96. The van der Waals surface area contributed by atoms with E-state index in [-0.39, 0.29) is 0 Å². The van der Waals surface area contributed by atoms with Crippen molar-refractivity contribution in [3.63, 3.8) is 0 Å². The van der Waals surface area contributed by atoms with E-state index in [0.29, 0.717) is 11.5 Å². The van der Waals surface area contributed by atoms with Gasteiger partial charge in [0.25, 0.3) is 0 Å². The first-order chi connectivity index (χ1) is 8.05. The van der Waals surface area contributed by atoms with Crippen LogP contribution in [0, 0.1) is 19.3 Å². The summed E-state index contributed by atoms with van der Waals surface area (Å²) in [4.78, 5) is 0. The molecule has 0 aliphatic heterocycles. The molecule has 0 saturated heterocycles. The zero-order chi connectivity index (χ0) is 12.5. The van der Waals surface area contributed by atoms with Gasteiger partial charge in [0.2, 0.25) is 0 Å². The van der Waals surface area contributed by atoms with E-state index in [0.717, 1.165) is 6.54 Å². The summed E-state index contributed by atoms with van der Waals surface area (Å²) in [5, 5.41) is 3.74. The average Bonchev–Trinajstić information content (AvgIpc) is 2.96. The third-order valence-corrected chi connectivity index (χ3v) is 3.91. The number of hydrogen-bond donors (Lipinski definition) is 1. The van der Waals surface area contributed by atoms with Gasteiger partial charge in [0.1, 0.15) is 0 Å². The Labute approximate surface area is 106 Å². The number of rotatable bonds is 5. The fraction of sp³-hybridized carbons (Fsp3) is 0.625. The lowest BCUT2D eigenvalue weighted by Crippen LogP contribution is -2.28. The Balaban J connectivity index is 2.25. The third kappa shape index (κ3) is 2.90. The first kappa shape index (κ1) is 12.6. The van der Waals surface area contributed by atoms with Crippen LogP contribution in [0.5, 0.6) is 0 Å². The fourth-order valence-corrected chi connectivity index (χ4v) is 2.72. The van der Waals surface area contributed by atoms with E-state index in [4.69, 9.17) is 0 Å². The SMILES string of the molecule is CCCNC(c1cc(C)cc(C)c1)C1(C)CC1. The largest absolute Gasteiger partial charge is 0.309 e. The molecule has 1 aliphatic rings. The van der Waals surface area contributed by atoms with Gasteiger partial charge in [0.05, 0.1) is 0 Å². The number of aryl methyl sites for hydroxylation is 2. The first-order valence-corrected chi connectivity index (χ1v) is 6.87. The molecule has 1 atom stereocenters. The van der Waals surface area contributed by atoms with Crippen molar-refractivity contribution in [3.05, 3.63) is 34.9 Å². The van der Waals surface area contributed by atoms with Crippen LogP contribution in [0.3, 0.4) is 0 Å². The lowest BCUT2D eigenvalue weighted by Gasteiger charge is -2.26. The van der Waals surface area contributed by atoms with Crippen LogP contribution < -0.4 is 5.32 Å². The standard InChI is InChI=1S/C16H25N/c1-5-8-17-15(16(4)6-7-16)14-10-12(2)9-13(3)11-14/h9-11,15,17H,5-8H2,1-4H3. The molecule has 0 aromatic heterocycles. The highest BCUT2D eigenvalue weighted by Crippen LogP contribution is 2.54. The van der Waals surface area contributed by atoms with Gasteiger partial charge in [-0.1, -0.05) is 43.2 Å². The van der Waals surface area contributed by atoms with E-state index < -0.39 is 0 Å². The molecular weight excluding hydrogens is 206 g/mol. The normalized spacial score (nSPS) is 19.1. The van der Waals surface area contributed by atoms with Crippen LogP contribution in [0.2, 0.25) is 0 Å². The Hall–Kier alpha value is -0.820. The Morgan fingerprint density at radius 2 is 1.76 bits per heavy atom. The van der Waals surface area contributed by atoms with Crippen molar-refractivity contribution in [1.29, 1.82) is 0 Å². The summed E-state index contributed by atoms with van der Waals surface area (Å²) in [5.74, 6) is 0. The molecule has 1 heteroatoms. The third-order valence-electron chi connectivity index (χ3n) is 3.91. The molecule has 1 N–H and O–H groups in total. The smallest absolute Gasteiger partial charge is 0.0374 e. The molecule has 1 aliphatic carbocycles. The summed E-state index contributed by atoms with van der Waals surface area (Å²) in [5.41, 5.74) is 4.74.